The molecule has 6 nitrogen and oxygen atoms in total. The van der Waals surface area contributed by atoms with Crippen molar-refractivity contribution in [2.24, 2.45) is 0 Å². The Balaban J connectivity index is 1.39. The number of phenols is 1. The van der Waals surface area contributed by atoms with E-state index in [1.807, 2.05) is 66.9 Å². The lowest BCUT2D eigenvalue weighted by molar-refractivity contribution is 0.477. The first kappa shape index (κ1) is 37.5. The Bertz CT molecular complexity index is 2940. The van der Waals surface area contributed by atoms with Crippen LogP contribution in [0.5, 0.6) is 5.75 Å². The number of furan rings is 1. The van der Waals surface area contributed by atoms with Crippen LogP contribution in [-0.4, -0.2) is 20.1 Å². The fraction of sp³-hybridized carbons (Fsp3) is 0.151. The third kappa shape index (κ3) is 7.23. The highest BCUT2D eigenvalue weighted by atomic mass is 16.3. The second-order valence-corrected chi connectivity index (χ2v) is 17.2. The lowest BCUT2D eigenvalue weighted by Gasteiger charge is -2.29. The highest BCUT2D eigenvalue weighted by Crippen LogP contribution is 2.45. The number of nitrogens with zero attached hydrogens (tertiary/aromatic N) is 4. The topological polar surface area (TPSA) is 75.3 Å². The molecule has 3 heterocycles. The summed E-state index contributed by atoms with van der Waals surface area (Å²) < 4.78 is 6.67. The zero-order valence-corrected chi connectivity index (χ0v) is 34.2. The zero-order chi connectivity index (χ0) is 40.9. The second-order valence-electron chi connectivity index (χ2n) is 17.2. The predicted molar refractivity (Wildman–Crippen MR) is 243 cm³/mol. The van der Waals surface area contributed by atoms with Gasteiger partial charge in [0.15, 0.2) is 11.4 Å². The Morgan fingerprint density at radius 2 is 1.17 bits per heavy atom. The van der Waals surface area contributed by atoms with Crippen molar-refractivity contribution in [1.82, 2.24) is 15.0 Å². The molecule has 0 unspecified atom stereocenters. The number of para-hydroxylation sites is 3. The van der Waals surface area contributed by atoms with Crippen LogP contribution >= 0.6 is 0 Å². The molecule has 0 spiro atoms. The van der Waals surface area contributed by atoms with Gasteiger partial charge in [-0.05, 0) is 99.3 Å². The molecule has 9 rings (SSSR count). The van der Waals surface area contributed by atoms with E-state index in [2.05, 4.69) is 131 Å². The van der Waals surface area contributed by atoms with E-state index in [9.17, 15) is 5.11 Å². The van der Waals surface area contributed by atoms with E-state index in [0.29, 0.717) is 33.8 Å². The Morgan fingerprint density at radius 1 is 0.542 bits per heavy atom. The van der Waals surface area contributed by atoms with E-state index in [0.717, 1.165) is 50.4 Å². The number of anilines is 3. The maximum Gasteiger partial charge on any atom is 0.180 e. The molecular formula is C53H46N4O2. The van der Waals surface area contributed by atoms with Gasteiger partial charge in [-0.25, -0.2) is 15.0 Å². The fourth-order valence-corrected chi connectivity index (χ4v) is 7.68. The summed E-state index contributed by atoms with van der Waals surface area (Å²) in [6.07, 6.45) is 1.83. The standard InChI is InChI=1S/C53H46N4O2/c1-52(2,3)38-29-36(30-39(33-38)53(4,5)6)35-28-37(48-50-49(43-22-12-15-25-46(43)59-50)56-51(55-48)42-21-11-14-24-45(42)58)32-40(31-35)57(47-26-16-17-27-54-47)44-23-13-10-20-41(44)34-18-8-7-9-19-34/h7-33,58H,1-6H3. The Hall–Kier alpha value is -7.05. The van der Waals surface area contributed by atoms with Crippen molar-refractivity contribution < 1.29 is 9.52 Å². The molecule has 9 aromatic rings. The van der Waals surface area contributed by atoms with E-state index in [-0.39, 0.29) is 16.6 Å². The maximum atomic E-state index is 11.1. The van der Waals surface area contributed by atoms with Crippen molar-refractivity contribution in [2.45, 2.75) is 52.4 Å². The number of aromatic nitrogens is 3. The first-order valence-corrected chi connectivity index (χ1v) is 20.1. The summed E-state index contributed by atoms with van der Waals surface area (Å²) in [5, 5.41) is 12.0. The maximum absolute atomic E-state index is 11.1. The first-order chi connectivity index (χ1) is 28.4. The van der Waals surface area contributed by atoms with Crippen LogP contribution in [0.2, 0.25) is 0 Å². The molecule has 0 atom stereocenters. The quantitative estimate of drug-likeness (QED) is 0.174. The highest BCUT2D eigenvalue weighted by Gasteiger charge is 2.26. The van der Waals surface area contributed by atoms with Crippen molar-refractivity contribution in [2.75, 3.05) is 4.90 Å². The third-order valence-electron chi connectivity index (χ3n) is 10.9. The third-order valence-corrected chi connectivity index (χ3v) is 10.9. The van der Waals surface area contributed by atoms with Gasteiger partial charge in [0.25, 0.3) is 0 Å². The van der Waals surface area contributed by atoms with Gasteiger partial charge in [-0.3, -0.25) is 4.90 Å². The monoisotopic (exact) mass is 770 g/mol. The summed E-state index contributed by atoms with van der Waals surface area (Å²) >= 11 is 0. The number of pyridine rings is 1. The van der Waals surface area contributed by atoms with Crippen molar-refractivity contribution in [3.05, 3.63) is 175 Å². The average Bonchev–Trinajstić information content (AvgIpc) is 3.62. The molecule has 0 radical (unpaired) electrons. The Kier molecular flexibility index (Phi) is 9.36. The van der Waals surface area contributed by atoms with E-state index in [1.54, 1.807) is 12.1 Å². The molecule has 0 aliphatic rings. The lowest BCUT2D eigenvalue weighted by Crippen LogP contribution is -2.16. The number of aromatic hydroxyl groups is 1. The molecule has 290 valence electrons. The van der Waals surface area contributed by atoms with Gasteiger partial charge in [-0.2, -0.15) is 0 Å². The number of benzene rings is 6. The molecule has 0 bridgehead atoms. The van der Waals surface area contributed by atoms with Crippen LogP contribution in [0, 0.1) is 0 Å². The van der Waals surface area contributed by atoms with Crippen LogP contribution in [-0.2, 0) is 10.8 Å². The average molecular weight is 771 g/mol. The molecule has 0 aliphatic heterocycles. The second kappa shape index (κ2) is 14.7. The van der Waals surface area contributed by atoms with Gasteiger partial charge in [0, 0.05) is 28.4 Å². The summed E-state index contributed by atoms with van der Waals surface area (Å²) in [6, 6.07) is 53.7. The minimum absolute atomic E-state index is 0.0925. The molecule has 0 saturated heterocycles. The van der Waals surface area contributed by atoms with Gasteiger partial charge < -0.3 is 9.52 Å². The van der Waals surface area contributed by atoms with Gasteiger partial charge >= 0.3 is 0 Å². The number of phenolic OH excluding ortho intramolecular Hbond substituents is 1. The van der Waals surface area contributed by atoms with Gasteiger partial charge in [0.05, 0.1) is 11.3 Å². The van der Waals surface area contributed by atoms with Crippen molar-refractivity contribution in [3.8, 4) is 50.6 Å². The highest BCUT2D eigenvalue weighted by molar-refractivity contribution is 6.07. The largest absolute Gasteiger partial charge is 0.507 e. The summed E-state index contributed by atoms with van der Waals surface area (Å²) in [5.41, 5.74) is 12.4. The van der Waals surface area contributed by atoms with E-state index in [4.69, 9.17) is 19.4 Å². The number of rotatable bonds is 7. The van der Waals surface area contributed by atoms with Crippen molar-refractivity contribution in [3.63, 3.8) is 0 Å². The Labute approximate surface area is 345 Å². The van der Waals surface area contributed by atoms with Crippen LogP contribution in [0.4, 0.5) is 17.2 Å². The summed E-state index contributed by atoms with van der Waals surface area (Å²) in [5.74, 6) is 1.28. The number of hydrogen-bond donors (Lipinski definition) is 1. The minimum atomic E-state index is -0.0925. The predicted octanol–water partition coefficient (Wildman–Crippen LogP) is 14.2. The molecule has 1 N–H and O–H groups in total. The number of fused-ring (bicyclic) bond motifs is 3. The van der Waals surface area contributed by atoms with Gasteiger partial charge in [-0.1, -0.05) is 139 Å². The molecule has 0 fully saturated rings. The van der Waals surface area contributed by atoms with E-state index in [1.165, 1.54) is 11.1 Å². The summed E-state index contributed by atoms with van der Waals surface area (Å²) in [6.45, 7) is 13.6. The van der Waals surface area contributed by atoms with Crippen molar-refractivity contribution >= 4 is 39.3 Å². The lowest BCUT2D eigenvalue weighted by atomic mass is 9.79. The molecule has 59 heavy (non-hydrogen) atoms. The molecule has 3 aromatic heterocycles. The smallest absolute Gasteiger partial charge is 0.180 e. The Morgan fingerprint density at radius 3 is 1.88 bits per heavy atom. The van der Waals surface area contributed by atoms with Crippen molar-refractivity contribution in [1.29, 1.82) is 0 Å². The molecule has 6 aromatic carbocycles. The normalized spacial score (nSPS) is 12.0. The van der Waals surface area contributed by atoms with E-state index >= 15 is 0 Å². The summed E-state index contributed by atoms with van der Waals surface area (Å²) in [7, 11) is 0. The van der Waals surface area contributed by atoms with Crippen LogP contribution in [0.25, 0.3) is 67.0 Å². The van der Waals surface area contributed by atoms with Gasteiger partial charge in [-0.15, -0.1) is 0 Å². The molecular weight excluding hydrogens is 725 g/mol. The van der Waals surface area contributed by atoms with Gasteiger partial charge in [0.2, 0.25) is 0 Å². The fourth-order valence-electron chi connectivity index (χ4n) is 7.68. The molecule has 0 saturated carbocycles. The van der Waals surface area contributed by atoms with Crippen LogP contribution in [0.3, 0.4) is 0 Å². The molecule has 0 aliphatic carbocycles. The van der Waals surface area contributed by atoms with Crippen LogP contribution < -0.4 is 4.90 Å². The zero-order valence-electron chi connectivity index (χ0n) is 34.2. The summed E-state index contributed by atoms with van der Waals surface area (Å²) in [4.78, 5) is 17.5. The number of hydrogen-bond acceptors (Lipinski definition) is 6. The van der Waals surface area contributed by atoms with Crippen LogP contribution in [0.1, 0.15) is 52.7 Å². The van der Waals surface area contributed by atoms with E-state index < -0.39 is 0 Å². The molecule has 0 amide bonds. The SMILES string of the molecule is CC(C)(C)c1cc(-c2cc(-c3nc(-c4ccccc4O)nc4c3oc3ccccc34)cc(N(c3ccccn3)c3ccccc3-c3ccccc3)c2)cc(C(C)(C)C)c1. The first-order valence-electron chi connectivity index (χ1n) is 20.1. The minimum Gasteiger partial charge on any atom is -0.507 e. The molecule has 6 heteroatoms. The van der Waals surface area contributed by atoms with Crippen LogP contribution in [0.15, 0.2) is 168 Å². The van der Waals surface area contributed by atoms with Gasteiger partial charge in [0.1, 0.15) is 28.4 Å².